The largest absolute Gasteiger partial charge is 0.453 e. The summed E-state index contributed by atoms with van der Waals surface area (Å²) in [7, 11) is 4.18. The second kappa shape index (κ2) is 11.3. The first-order valence-corrected chi connectivity index (χ1v) is 11.5. The first-order chi connectivity index (χ1) is 16.2. The molecule has 0 aliphatic carbocycles. The summed E-state index contributed by atoms with van der Waals surface area (Å²) in [5, 5.41) is 11.0. The van der Waals surface area contributed by atoms with Crippen molar-refractivity contribution in [1.82, 2.24) is 14.3 Å². The number of aliphatic hydroxyl groups is 1. The maximum absolute atomic E-state index is 15.1. The molecule has 0 radical (unpaired) electrons. The van der Waals surface area contributed by atoms with Gasteiger partial charge >= 0.3 is 6.09 Å². The highest BCUT2D eigenvalue weighted by Crippen LogP contribution is 2.33. The molecule has 0 bridgehead atoms. The lowest BCUT2D eigenvalue weighted by Gasteiger charge is -2.27. The Labute approximate surface area is 206 Å². The molecule has 0 unspecified atom stereocenters. The van der Waals surface area contributed by atoms with Gasteiger partial charge in [0.25, 0.3) is 0 Å². The van der Waals surface area contributed by atoms with Crippen LogP contribution in [-0.4, -0.2) is 72.3 Å². The second-order valence-corrected chi connectivity index (χ2v) is 8.97. The Bertz CT molecular complexity index is 1140. The number of imidazole rings is 1. The third kappa shape index (κ3) is 5.75. The Kier molecular flexibility index (Phi) is 8.64. The molecule has 1 amide bonds. The van der Waals surface area contributed by atoms with Gasteiger partial charge in [0, 0.05) is 36.9 Å². The van der Waals surface area contributed by atoms with E-state index in [1.54, 1.807) is 0 Å². The van der Waals surface area contributed by atoms with E-state index in [2.05, 4.69) is 15.9 Å². The average Bonchev–Trinajstić information content (AvgIpc) is 3.11. The molecule has 0 aliphatic heterocycles. The fourth-order valence-corrected chi connectivity index (χ4v) is 4.46. The monoisotopic (exact) mass is 537 g/mol. The number of benzene rings is 1. The van der Waals surface area contributed by atoms with E-state index in [9.17, 15) is 9.90 Å². The molecule has 0 saturated carbocycles. The molecule has 8 nitrogen and oxygen atoms in total. The van der Waals surface area contributed by atoms with Crippen LogP contribution in [0.2, 0.25) is 0 Å². The first-order valence-electron chi connectivity index (χ1n) is 10.7. The number of carbonyl (C=O) groups excluding carboxylic acids is 1. The highest BCUT2D eigenvalue weighted by molar-refractivity contribution is 9.10. The number of aliphatic hydroxyl groups excluding tert-OH is 1. The lowest BCUT2D eigenvalue weighted by Crippen LogP contribution is -2.43. The molecule has 1 aromatic carbocycles. The van der Waals surface area contributed by atoms with Crippen molar-refractivity contribution in [1.29, 1.82) is 0 Å². The summed E-state index contributed by atoms with van der Waals surface area (Å²) in [6.07, 6.45) is -0.333. The van der Waals surface area contributed by atoms with E-state index in [1.165, 1.54) is 32.3 Å². The maximum atomic E-state index is 15.1. The van der Waals surface area contributed by atoms with Gasteiger partial charge in [-0.15, -0.1) is 0 Å². The van der Waals surface area contributed by atoms with Gasteiger partial charge < -0.3 is 28.6 Å². The minimum Gasteiger partial charge on any atom is -0.453 e. The summed E-state index contributed by atoms with van der Waals surface area (Å²) >= 11 is 3.33. The van der Waals surface area contributed by atoms with Crippen molar-refractivity contribution in [2.24, 2.45) is 0 Å². The van der Waals surface area contributed by atoms with E-state index >= 15 is 4.39 Å². The number of ether oxygens (including phenoxy) is 3. The van der Waals surface area contributed by atoms with E-state index in [0.29, 0.717) is 32.6 Å². The second-order valence-electron chi connectivity index (χ2n) is 8.05. The van der Waals surface area contributed by atoms with E-state index in [0.717, 1.165) is 5.56 Å². The Morgan fingerprint density at radius 3 is 2.53 bits per heavy atom. The number of aromatic nitrogens is 2. The molecule has 0 saturated heterocycles. The molecule has 0 spiro atoms. The zero-order valence-electron chi connectivity index (χ0n) is 19.8. The van der Waals surface area contributed by atoms with Crippen LogP contribution in [0.15, 0.2) is 34.9 Å². The van der Waals surface area contributed by atoms with Gasteiger partial charge in [0.2, 0.25) is 0 Å². The van der Waals surface area contributed by atoms with E-state index in [1.807, 2.05) is 42.6 Å². The minimum absolute atomic E-state index is 0.0454. The number of nitrogens with zero attached hydrogens (tertiary/aromatic N) is 3. The molecule has 184 valence electrons. The van der Waals surface area contributed by atoms with Crippen LogP contribution in [-0.2, 0) is 20.6 Å². The normalized spacial score (nSPS) is 12.4. The summed E-state index contributed by atoms with van der Waals surface area (Å²) < 4.78 is 32.7. The van der Waals surface area contributed by atoms with Gasteiger partial charge in [0.1, 0.15) is 11.5 Å². The SMILES string of the molecule is COC(=O)N(CC(OC)OC)C[C@@H](O)Cc1c(-c2c(C)cc(Br)cc2F)nc2cc(C)ccn12. The van der Waals surface area contributed by atoms with Crippen molar-refractivity contribution >= 4 is 27.7 Å². The fraction of sp³-hybridized carbons (Fsp3) is 0.417. The maximum Gasteiger partial charge on any atom is 0.409 e. The Morgan fingerprint density at radius 1 is 1.21 bits per heavy atom. The molecule has 1 N–H and O–H groups in total. The van der Waals surface area contributed by atoms with Crippen molar-refractivity contribution in [3.05, 3.63) is 57.6 Å². The lowest BCUT2D eigenvalue weighted by atomic mass is 10.0. The number of amides is 1. The molecule has 10 heteroatoms. The molecule has 2 aromatic heterocycles. The predicted molar refractivity (Wildman–Crippen MR) is 129 cm³/mol. The number of carbonyl (C=O) groups is 1. The Balaban J connectivity index is 2.00. The number of methoxy groups -OCH3 is 3. The van der Waals surface area contributed by atoms with Crippen molar-refractivity contribution in [2.45, 2.75) is 32.7 Å². The van der Waals surface area contributed by atoms with Crippen LogP contribution in [0.3, 0.4) is 0 Å². The van der Waals surface area contributed by atoms with Gasteiger partial charge in [0.15, 0.2) is 6.29 Å². The van der Waals surface area contributed by atoms with Crippen molar-refractivity contribution in [3.8, 4) is 11.3 Å². The van der Waals surface area contributed by atoms with Gasteiger partial charge in [-0.3, -0.25) is 0 Å². The highest BCUT2D eigenvalue weighted by atomic mass is 79.9. The third-order valence-corrected chi connectivity index (χ3v) is 6.02. The summed E-state index contributed by atoms with van der Waals surface area (Å²) in [5.41, 5.74) is 3.81. The Morgan fingerprint density at radius 2 is 1.91 bits per heavy atom. The summed E-state index contributed by atoms with van der Waals surface area (Å²) in [6.45, 7) is 3.78. The minimum atomic E-state index is -0.993. The summed E-state index contributed by atoms with van der Waals surface area (Å²) in [6, 6.07) is 7.03. The van der Waals surface area contributed by atoms with Crippen molar-refractivity contribution < 1.29 is 28.5 Å². The summed E-state index contributed by atoms with van der Waals surface area (Å²) in [5.74, 6) is -0.415. The molecule has 3 rings (SSSR count). The zero-order valence-corrected chi connectivity index (χ0v) is 21.4. The van der Waals surface area contributed by atoms with Gasteiger partial charge in [-0.2, -0.15) is 0 Å². The number of aryl methyl sites for hydroxylation is 2. The molecular formula is C24H29BrFN3O5. The van der Waals surface area contributed by atoms with Gasteiger partial charge in [-0.1, -0.05) is 15.9 Å². The third-order valence-electron chi connectivity index (χ3n) is 5.56. The van der Waals surface area contributed by atoms with Crippen LogP contribution in [0.4, 0.5) is 9.18 Å². The topological polar surface area (TPSA) is 85.5 Å². The van der Waals surface area contributed by atoms with Crippen molar-refractivity contribution in [2.75, 3.05) is 34.4 Å². The summed E-state index contributed by atoms with van der Waals surface area (Å²) in [4.78, 5) is 18.3. The number of pyridine rings is 1. The molecular weight excluding hydrogens is 509 g/mol. The smallest absolute Gasteiger partial charge is 0.409 e. The number of fused-ring (bicyclic) bond motifs is 1. The Hall–Kier alpha value is -2.53. The van der Waals surface area contributed by atoms with Gasteiger partial charge in [-0.25, -0.2) is 14.2 Å². The molecule has 0 fully saturated rings. The predicted octanol–water partition coefficient (Wildman–Crippen LogP) is 4.11. The first kappa shape index (κ1) is 26.1. The quantitative estimate of drug-likeness (QED) is 0.413. The van der Waals surface area contributed by atoms with Gasteiger partial charge in [0.05, 0.1) is 37.7 Å². The standard InChI is InChI=1S/C24H29BrFN3O5/c1-14-6-7-29-19(11-17(30)12-28(24(31)34-5)13-21(32-3)33-4)23(27-20(29)8-14)22-15(2)9-16(25)10-18(22)26/h6-10,17,21,30H,11-13H2,1-5H3/t17-/m0/s1. The zero-order chi connectivity index (χ0) is 25.0. The van der Waals surface area contributed by atoms with Crippen LogP contribution < -0.4 is 0 Å². The van der Waals surface area contributed by atoms with E-state index in [-0.39, 0.29) is 19.5 Å². The van der Waals surface area contributed by atoms with E-state index < -0.39 is 24.3 Å². The lowest BCUT2D eigenvalue weighted by molar-refractivity contribution is -0.115. The van der Waals surface area contributed by atoms with Crippen LogP contribution in [0.5, 0.6) is 0 Å². The average molecular weight is 538 g/mol. The molecule has 1 atom stereocenters. The number of halogens is 2. The van der Waals surface area contributed by atoms with E-state index in [4.69, 9.17) is 19.2 Å². The molecule has 2 heterocycles. The number of hydrogen-bond donors (Lipinski definition) is 1. The van der Waals surface area contributed by atoms with Crippen LogP contribution in [0.1, 0.15) is 16.8 Å². The van der Waals surface area contributed by atoms with Crippen LogP contribution >= 0.6 is 15.9 Å². The number of rotatable bonds is 9. The fourth-order valence-electron chi connectivity index (χ4n) is 3.91. The van der Waals surface area contributed by atoms with Crippen LogP contribution in [0, 0.1) is 19.7 Å². The van der Waals surface area contributed by atoms with Crippen molar-refractivity contribution in [3.63, 3.8) is 0 Å². The molecule has 34 heavy (non-hydrogen) atoms. The number of hydrogen-bond acceptors (Lipinski definition) is 6. The highest BCUT2D eigenvalue weighted by Gasteiger charge is 2.26. The van der Waals surface area contributed by atoms with Crippen LogP contribution in [0.25, 0.3) is 16.9 Å². The molecule has 3 aromatic rings. The van der Waals surface area contributed by atoms with Gasteiger partial charge in [-0.05, 0) is 49.2 Å². The molecule has 0 aliphatic rings.